The molecule has 0 heterocycles. The molecule has 0 aliphatic rings. The molecule has 2 radical (unpaired) electrons. The van der Waals surface area contributed by atoms with E-state index in [2.05, 4.69) is 36.6 Å². The van der Waals surface area contributed by atoms with Crippen LogP contribution in [0.3, 0.4) is 0 Å². The molecular formula is HB5S3. The SMILES string of the molecule is [B]B(S)B(B=S)B=S. The van der Waals surface area contributed by atoms with E-state index in [0.29, 0.717) is 0 Å². The zero-order valence-electron chi connectivity index (χ0n) is 4.15. The van der Waals surface area contributed by atoms with Crippen molar-refractivity contribution in [1.29, 1.82) is 0 Å². The Morgan fingerprint density at radius 2 is 1.75 bits per heavy atom. The van der Waals surface area contributed by atoms with Gasteiger partial charge in [0.05, 0.1) is 0 Å². The van der Waals surface area contributed by atoms with Gasteiger partial charge in [0.2, 0.25) is 0 Å². The van der Waals surface area contributed by atoms with Crippen LogP contribution in [0, 0.1) is 0 Å². The van der Waals surface area contributed by atoms with E-state index in [1.807, 2.05) is 0 Å². The first-order valence-electron chi connectivity index (χ1n) is 2.06. The van der Waals surface area contributed by atoms with Gasteiger partial charge in [-0.3, -0.25) is 0 Å². The van der Waals surface area contributed by atoms with E-state index < -0.39 is 0 Å². The topological polar surface area (TPSA) is 0 Å². The molecule has 0 saturated heterocycles. The monoisotopic (exact) mass is 152 g/mol. The second-order valence-corrected chi connectivity index (χ2v) is 2.48. The van der Waals surface area contributed by atoms with Crippen molar-refractivity contribution in [2.45, 2.75) is 0 Å². The first kappa shape index (κ1) is 9.11. The molecule has 0 unspecified atom stereocenters. The summed E-state index contributed by atoms with van der Waals surface area (Å²) in [7, 11) is 5.33. The molecule has 0 aromatic rings. The Balaban J connectivity index is 3.68. The minimum atomic E-state index is -0.245. The third-order valence-electron chi connectivity index (χ3n) is 0.709. The van der Waals surface area contributed by atoms with Crippen LogP contribution in [0.25, 0.3) is 0 Å². The molecule has 0 aliphatic heterocycles. The van der Waals surface area contributed by atoms with Crippen LogP contribution in [0.4, 0.5) is 0 Å². The first-order valence-corrected chi connectivity index (χ1v) is 3.52. The summed E-state index contributed by atoms with van der Waals surface area (Å²) in [5.41, 5.74) is 0. The van der Waals surface area contributed by atoms with Gasteiger partial charge in [-0.1, -0.05) is 0 Å². The second-order valence-electron chi connectivity index (χ2n) is 1.34. The minimum absolute atomic E-state index is 0.0247. The predicted molar refractivity (Wildman–Crippen MR) is 52.9 cm³/mol. The predicted octanol–water partition coefficient (Wildman–Crippen LogP) is -0.227. The average molecular weight is 151 g/mol. The molecule has 0 N–H and O–H groups in total. The molecule has 0 fully saturated rings. The Morgan fingerprint density at radius 1 is 1.38 bits per heavy atom. The average Bonchev–Trinajstić information content (AvgIpc) is 1.69. The summed E-state index contributed by atoms with van der Waals surface area (Å²) < 4.78 is 0. The number of thiol groups is 1. The Kier molecular flexibility index (Phi) is 5.63. The summed E-state index contributed by atoms with van der Waals surface area (Å²) in [5, 5.41) is 0. The molecule has 8 heteroatoms. The van der Waals surface area contributed by atoms with E-state index in [9.17, 15) is 0 Å². The molecule has 0 aromatic carbocycles. The third kappa shape index (κ3) is 3.20. The van der Waals surface area contributed by atoms with Gasteiger partial charge in [0, 0.05) is 0 Å². The summed E-state index contributed by atoms with van der Waals surface area (Å²) in [5.74, 6) is -0.245. The van der Waals surface area contributed by atoms with Crippen molar-refractivity contribution >= 4 is 68.6 Å². The van der Waals surface area contributed by atoms with Crippen molar-refractivity contribution in [1.82, 2.24) is 0 Å². The van der Waals surface area contributed by atoms with Crippen LogP contribution in [-0.4, -0.2) is 32.0 Å². The molecule has 0 bridgehead atoms. The van der Waals surface area contributed by atoms with Gasteiger partial charge in [-0.05, 0) is 0 Å². The van der Waals surface area contributed by atoms with E-state index >= 15 is 0 Å². The van der Waals surface area contributed by atoms with Crippen molar-refractivity contribution in [2.75, 3.05) is 0 Å². The third-order valence-corrected chi connectivity index (χ3v) is 1.68. The molecule has 0 rings (SSSR count). The van der Waals surface area contributed by atoms with Crippen LogP contribution in [0.2, 0.25) is 0 Å². The standard InChI is InChI=1S/B5HS3/c1-4(8)5(2-6)3-7/h8H. The van der Waals surface area contributed by atoms with Crippen LogP contribution in [0.15, 0.2) is 0 Å². The zero-order chi connectivity index (χ0) is 6.57. The second kappa shape index (κ2) is 4.94. The number of hydrogen-bond acceptors (Lipinski definition) is 3. The molecule has 0 amide bonds. The van der Waals surface area contributed by atoms with E-state index in [-0.39, 0.29) is 12.2 Å². The van der Waals surface area contributed by atoms with Gasteiger partial charge in [0.15, 0.2) is 0 Å². The molecule has 0 atom stereocenters. The van der Waals surface area contributed by atoms with E-state index in [1.54, 1.807) is 0 Å². The number of rotatable bonds is 3. The van der Waals surface area contributed by atoms with Gasteiger partial charge in [-0.2, -0.15) is 0 Å². The summed E-state index contributed by atoms with van der Waals surface area (Å²) in [6, 6.07) is 3.04. The van der Waals surface area contributed by atoms with Crippen LogP contribution in [0.5, 0.6) is 0 Å². The summed E-state index contributed by atoms with van der Waals surface area (Å²) >= 11 is 13.1. The Hall–Kier alpha value is 1.11. The quantitative estimate of drug-likeness (QED) is 0.437. The van der Waals surface area contributed by atoms with Crippen molar-refractivity contribution in [3.63, 3.8) is 0 Å². The molecule has 34 valence electrons. The Bertz CT molecular complexity index is 79.7. The van der Waals surface area contributed by atoms with E-state index in [0.717, 1.165) is 0 Å². The Labute approximate surface area is 68.6 Å². The summed E-state index contributed by atoms with van der Waals surface area (Å²) in [6.07, 6.45) is -0.0247. The van der Waals surface area contributed by atoms with Gasteiger partial charge in [0.25, 0.3) is 0 Å². The van der Waals surface area contributed by atoms with Crippen LogP contribution < -0.4 is 0 Å². The Morgan fingerprint density at radius 3 is 1.75 bits per heavy atom. The first-order chi connectivity index (χ1) is 3.72. The summed E-state index contributed by atoms with van der Waals surface area (Å²) in [6.45, 7) is 0. The molecule has 0 aliphatic carbocycles. The normalized spacial score (nSPS) is 6.62. The molecule has 8 heavy (non-hydrogen) atoms. The van der Waals surface area contributed by atoms with Crippen LogP contribution in [-0.2, 0) is 0 Å². The maximum atomic E-state index is 5.33. The molecule has 0 aromatic heterocycles. The van der Waals surface area contributed by atoms with Crippen LogP contribution in [0.1, 0.15) is 0 Å². The molecule has 0 spiro atoms. The van der Waals surface area contributed by atoms with Crippen molar-refractivity contribution < 1.29 is 0 Å². The number of hydrogen-bond donors (Lipinski definition) is 1. The summed E-state index contributed by atoms with van der Waals surface area (Å²) in [4.78, 5) is 0. The molecule has 0 saturated carbocycles. The van der Waals surface area contributed by atoms with E-state index in [4.69, 9.17) is 7.74 Å². The van der Waals surface area contributed by atoms with Gasteiger partial charge < -0.3 is 0 Å². The molecular weight excluding hydrogens is 150 g/mol. The van der Waals surface area contributed by atoms with Crippen LogP contribution >= 0.6 is 36.6 Å². The van der Waals surface area contributed by atoms with Gasteiger partial charge in [-0.15, -0.1) is 0 Å². The van der Waals surface area contributed by atoms with Crippen molar-refractivity contribution in [3.05, 3.63) is 0 Å². The van der Waals surface area contributed by atoms with Gasteiger partial charge in [-0.25, -0.2) is 0 Å². The van der Waals surface area contributed by atoms with Crippen molar-refractivity contribution in [3.8, 4) is 0 Å². The molecule has 0 nitrogen and oxygen atoms in total. The van der Waals surface area contributed by atoms with Gasteiger partial charge >= 0.3 is 68.6 Å². The fourth-order valence-electron chi connectivity index (χ4n) is 0.193. The van der Waals surface area contributed by atoms with Crippen molar-refractivity contribution in [2.24, 2.45) is 0 Å². The zero-order valence-corrected chi connectivity index (χ0v) is 6.68. The maximum absolute atomic E-state index is 5.33. The van der Waals surface area contributed by atoms with Gasteiger partial charge in [0.1, 0.15) is 0 Å². The fourth-order valence-corrected chi connectivity index (χ4v) is 1.19. The fraction of sp³-hybridized carbons (Fsp3) is 0. The van der Waals surface area contributed by atoms with E-state index in [1.165, 1.54) is 12.1 Å².